The summed E-state index contributed by atoms with van der Waals surface area (Å²) in [5, 5.41) is 1.57. The summed E-state index contributed by atoms with van der Waals surface area (Å²) in [6.45, 7) is 20.0. The van der Waals surface area contributed by atoms with Gasteiger partial charge in [-0.05, 0) is 28.4 Å². The molecule has 0 fully saturated rings. The zero-order valence-corrected chi connectivity index (χ0v) is 35.2. The molecule has 0 bridgehead atoms. The van der Waals surface area contributed by atoms with Crippen LogP contribution in [-0.2, 0) is 39.5 Å². The Hall–Kier alpha value is -1.99. The van der Waals surface area contributed by atoms with Gasteiger partial charge in [-0.25, -0.2) is 6.07 Å². The van der Waals surface area contributed by atoms with Gasteiger partial charge in [0.2, 0.25) is 0 Å². The Morgan fingerprint density at radius 3 is 1.60 bits per heavy atom. The molecule has 5 aromatic rings. The van der Waals surface area contributed by atoms with Crippen molar-refractivity contribution in [2.75, 3.05) is 0 Å². The summed E-state index contributed by atoms with van der Waals surface area (Å²) in [5.41, 5.74) is 15.4. The fraction of sp³-hybridized carbons (Fsp3) is 0.279. The molecule has 0 radical (unpaired) electrons. The molecule has 1 aliphatic carbocycles. The maximum absolute atomic E-state index is 5.84. The van der Waals surface area contributed by atoms with Gasteiger partial charge in [0, 0.05) is 0 Å². The number of fused-ring (bicyclic) bond motifs is 3. The summed E-state index contributed by atoms with van der Waals surface area (Å²) < 4.78 is 4.66. The van der Waals surface area contributed by atoms with Crippen LogP contribution >= 0.6 is 48.0 Å². The molecular weight excluding hydrogens is 750 g/mol. The molecule has 5 aromatic carbocycles. The molecule has 0 nitrogen and oxygen atoms in total. The molecule has 0 unspecified atom stereocenters. The van der Waals surface area contributed by atoms with Gasteiger partial charge in [-0.2, -0.15) is 46.5 Å². The zero-order chi connectivity index (χ0) is 33.6. The number of benzene rings is 4. The van der Waals surface area contributed by atoms with Gasteiger partial charge in [0.05, 0.1) is 0 Å². The van der Waals surface area contributed by atoms with Crippen LogP contribution < -0.4 is 0 Å². The summed E-state index contributed by atoms with van der Waals surface area (Å²) >= 11 is 11.0. The Morgan fingerprint density at radius 2 is 1.19 bits per heavy atom. The van der Waals surface area contributed by atoms with E-state index in [0.29, 0.717) is 0 Å². The van der Waals surface area contributed by atoms with E-state index in [4.69, 9.17) is 23.2 Å². The molecule has 0 amide bonds. The molecule has 0 saturated heterocycles. The molecule has 0 atom stereocenters. The molecule has 5 heteroatoms. The molecule has 0 saturated carbocycles. The summed E-state index contributed by atoms with van der Waals surface area (Å²) in [6.07, 6.45) is 1.03. The van der Waals surface area contributed by atoms with Crippen LogP contribution in [0.2, 0.25) is 10.0 Å². The number of halogens is 4. The second-order valence-electron chi connectivity index (χ2n) is 14.3. The summed E-state index contributed by atoms with van der Waals surface area (Å²) in [5.74, 6) is 0. The van der Waals surface area contributed by atoms with Crippen LogP contribution in [0.1, 0.15) is 91.6 Å². The first-order chi connectivity index (χ1) is 21.6. The number of hydrogen-bond donors (Lipinski definition) is 0. The number of hydrogen-bond acceptors (Lipinski definition) is 0. The van der Waals surface area contributed by atoms with Gasteiger partial charge in [-0.1, -0.05) is 86.1 Å². The van der Waals surface area contributed by atoms with Crippen LogP contribution in [0.25, 0.3) is 11.1 Å². The van der Waals surface area contributed by atoms with E-state index in [1.807, 2.05) is 24.3 Å². The van der Waals surface area contributed by atoms with E-state index < -0.39 is 22.3 Å². The molecule has 1 aliphatic rings. The van der Waals surface area contributed by atoms with E-state index >= 15 is 0 Å². The molecule has 0 heterocycles. The van der Waals surface area contributed by atoms with Crippen LogP contribution in [0.15, 0.2) is 91.0 Å². The minimum atomic E-state index is -0.623. The maximum atomic E-state index is 5.84. The Labute approximate surface area is 323 Å². The van der Waals surface area contributed by atoms with Crippen LogP contribution in [0.5, 0.6) is 0 Å². The van der Waals surface area contributed by atoms with Crippen molar-refractivity contribution in [3.63, 3.8) is 0 Å². The quantitative estimate of drug-likeness (QED) is 0.153. The Morgan fingerprint density at radius 1 is 0.667 bits per heavy atom. The Bertz CT molecular complexity index is 1710. The summed E-state index contributed by atoms with van der Waals surface area (Å²) in [4.78, 5) is 0. The monoisotopic (exact) mass is 794 g/mol. The van der Waals surface area contributed by atoms with Crippen LogP contribution in [0.3, 0.4) is 0 Å². The van der Waals surface area contributed by atoms with Crippen molar-refractivity contribution in [2.45, 2.75) is 79.6 Å². The third-order valence-corrected chi connectivity index (χ3v) is 11.2. The minimum absolute atomic E-state index is 0. The second kappa shape index (κ2) is 18.3. The molecule has 254 valence electrons. The normalized spacial score (nSPS) is 11.1. The van der Waals surface area contributed by atoms with E-state index in [0.717, 1.165) is 16.5 Å². The van der Waals surface area contributed by atoms with Gasteiger partial charge in [0.25, 0.3) is 0 Å². The number of rotatable bonds is 2. The summed E-state index contributed by atoms with van der Waals surface area (Å²) in [6, 6.07) is 35.5. The van der Waals surface area contributed by atoms with E-state index in [9.17, 15) is 0 Å². The first kappa shape index (κ1) is 42.2. The van der Waals surface area contributed by atoms with E-state index in [2.05, 4.69) is 143 Å². The van der Waals surface area contributed by atoms with Crippen molar-refractivity contribution in [3.05, 3.63) is 157 Å². The van der Waals surface area contributed by atoms with Crippen LogP contribution in [0.4, 0.5) is 0 Å². The summed E-state index contributed by atoms with van der Waals surface area (Å²) in [7, 11) is 0. The SMILES string of the molecule is CC(C)(C)c1[c-]c2c(cc1)-c1ccc(C(C)(C)C)cc1C2.Cc1cc(C)c(C)[cH-]1.Cl.Cl.Clc1ccc([CH]=[Zr]=[CH]c2ccc(Cl)cc2)cc1. The van der Waals surface area contributed by atoms with Gasteiger partial charge in [-0.15, -0.1) is 35.9 Å². The van der Waals surface area contributed by atoms with Gasteiger partial charge in [0.15, 0.2) is 0 Å². The van der Waals surface area contributed by atoms with Crippen molar-refractivity contribution in [3.8, 4) is 11.1 Å². The first-order valence-electron chi connectivity index (χ1n) is 15.9. The molecule has 6 rings (SSSR count). The Balaban J connectivity index is 0.000000267. The van der Waals surface area contributed by atoms with Gasteiger partial charge >= 0.3 is 123 Å². The average molecular weight is 798 g/mol. The molecule has 48 heavy (non-hydrogen) atoms. The predicted molar refractivity (Wildman–Crippen MR) is 215 cm³/mol. The Kier molecular flexibility index (Phi) is 16.1. The van der Waals surface area contributed by atoms with Gasteiger partial charge < -0.3 is 0 Å². The van der Waals surface area contributed by atoms with Crippen molar-refractivity contribution in [1.82, 2.24) is 0 Å². The first-order valence-corrected chi connectivity index (χ1v) is 19.5. The standard InChI is InChI=1S/C21H25.C8H11.2C7H5Cl.2ClH.Zr/c1-20(2,3)16-7-9-18-14(12-16)11-15-13-17(21(4,5)6)8-10-19(15)18;1-6-4-7(2)8(3)5-6;2*1-6-2-4-7(8)5-3-6;;;/h7-10,12H,11H2,1-6H3;4-5H,1-3H3;2*1-5H;2*1H;/q2*-1;;;;;. The average Bonchev–Trinajstić information content (AvgIpc) is 3.51. The van der Waals surface area contributed by atoms with Gasteiger partial charge in [-0.3, -0.25) is 0 Å². The fourth-order valence-corrected chi connectivity index (χ4v) is 7.68. The topological polar surface area (TPSA) is 0 Å². The van der Waals surface area contributed by atoms with E-state index in [1.165, 1.54) is 61.2 Å². The van der Waals surface area contributed by atoms with Crippen molar-refractivity contribution in [2.24, 2.45) is 0 Å². The third kappa shape index (κ3) is 12.1. The number of aryl methyl sites for hydroxylation is 3. The van der Waals surface area contributed by atoms with Crippen molar-refractivity contribution < 1.29 is 22.3 Å². The molecular formula is C43H48Cl4Zr-2. The molecule has 0 aromatic heterocycles. The van der Waals surface area contributed by atoms with Crippen molar-refractivity contribution in [1.29, 1.82) is 0 Å². The van der Waals surface area contributed by atoms with Crippen LogP contribution in [0, 0.1) is 26.8 Å². The van der Waals surface area contributed by atoms with E-state index in [-0.39, 0.29) is 35.6 Å². The van der Waals surface area contributed by atoms with Gasteiger partial charge in [0.1, 0.15) is 0 Å². The fourth-order valence-electron chi connectivity index (χ4n) is 5.33. The molecule has 0 N–H and O–H groups in total. The van der Waals surface area contributed by atoms with Crippen molar-refractivity contribution >= 4 is 55.4 Å². The molecule has 0 spiro atoms. The van der Waals surface area contributed by atoms with E-state index in [1.54, 1.807) is 0 Å². The zero-order valence-electron chi connectivity index (χ0n) is 29.6. The predicted octanol–water partition coefficient (Wildman–Crippen LogP) is 12.9. The molecule has 0 aliphatic heterocycles. The third-order valence-electron chi connectivity index (χ3n) is 8.21. The second-order valence-corrected chi connectivity index (χ2v) is 17.4. The van der Waals surface area contributed by atoms with Crippen LogP contribution in [-0.4, -0.2) is 7.42 Å².